The van der Waals surface area contributed by atoms with Crippen LogP contribution in [0.2, 0.25) is 0 Å². The van der Waals surface area contributed by atoms with Crippen LogP contribution in [0.15, 0.2) is 34.1 Å². The van der Waals surface area contributed by atoms with Gasteiger partial charge in [-0.05, 0) is 35.5 Å². The Morgan fingerprint density at radius 2 is 2.09 bits per heavy atom. The Hall–Kier alpha value is -0.120. The van der Waals surface area contributed by atoms with E-state index >= 15 is 0 Å². The number of carbonyl (C=O) groups excluding carboxylic acids is 1. The Morgan fingerprint density at radius 3 is 2.64 bits per heavy atom. The number of thioether (sulfide) groups is 1. The van der Waals surface area contributed by atoms with Crippen LogP contribution in [0.5, 0.6) is 0 Å². The third-order valence-corrected chi connectivity index (χ3v) is 2.56. The highest BCUT2D eigenvalue weighted by Gasteiger charge is 2.02. The van der Waals surface area contributed by atoms with Crippen molar-refractivity contribution >= 4 is 40.6 Å². The van der Waals surface area contributed by atoms with Gasteiger partial charge in [0.1, 0.15) is 0 Å². The van der Waals surface area contributed by atoms with E-state index in [9.17, 15) is 4.79 Å². The summed E-state index contributed by atoms with van der Waals surface area (Å²) in [6.45, 7) is 0. The lowest BCUT2D eigenvalue weighted by atomic mass is 10.4. The van der Waals surface area contributed by atoms with Gasteiger partial charge in [-0.25, -0.2) is 0 Å². The van der Waals surface area contributed by atoms with Gasteiger partial charge in [0, 0.05) is 9.79 Å². The van der Waals surface area contributed by atoms with Gasteiger partial charge in [0.05, 0.1) is 0 Å². The van der Waals surface area contributed by atoms with Gasteiger partial charge < -0.3 is 0 Å². The second kappa shape index (κ2) is 4.04. The molecule has 0 aliphatic rings. The minimum absolute atomic E-state index is 0.438. The number of halogens is 1. The Bertz CT molecular complexity index is 275. The lowest BCUT2D eigenvalue weighted by Gasteiger charge is -1.97. The fourth-order valence-corrected chi connectivity index (χ4v) is 1.67. The van der Waals surface area contributed by atoms with E-state index in [1.807, 2.05) is 18.2 Å². The molecule has 1 nitrogen and oxygen atoms in total. The van der Waals surface area contributed by atoms with Crippen molar-refractivity contribution in [2.24, 2.45) is 0 Å². The lowest BCUT2D eigenvalue weighted by Crippen LogP contribution is -1.76. The molecule has 1 aromatic carbocycles. The van der Waals surface area contributed by atoms with Crippen LogP contribution in [0.1, 0.15) is 0 Å². The van der Waals surface area contributed by atoms with Gasteiger partial charge in [-0.1, -0.05) is 12.1 Å². The van der Waals surface area contributed by atoms with Crippen molar-refractivity contribution in [2.75, 3.05) is 0 Å². The molecule has 0 heterocycles. The number of rotatable bonds is 1. The maximum Gasteiger partial charge on any atom is 0.284 e. The normalized spacial score (nSPS) is 9.64. The molecule has 0 spiro atoms. The molecule has 0 fully saturated rings. The number of hydrogen-bond donors (Lipinski definition) is 1. The summed E-state index contributed by atoms with van der Waals surface area (Å²) in [5.41, 5.74) is 0. The van der Waals surface area contributed by atoms with Crippen LogP contribution < -0.4 is 0 Å². The van der Waals surface area contributed by atoms with Crippen molar-refractivity contribution in [1.82, 2.24) is 0 Å². The van der Waals surface area contributed by atoms with Gasteiger partial charge >= 0.3 is 0 Å². The summed E-state index contributed by atoms with van der Waals surface area (Å²) in [4.78, 5) is 12.0. The summed E-state index contributed by atoms with van der Waals surface area (Å²) in [7, 11) is 0. The highest BCUT2D eigenvalue weighted by molar-refractivity contribution is 8.16. The average Bonchev–Trinajstić information content (AvgIpc) is 1.93. The molecule has 0 unspecified atom stereocenters. The molecule has 1 aromatic rings. The molecular formula is C7H5ClOS2. The number of hydrogen-bond acceptors (Lipinski definition) is 3. The zero-order valence-electron chi connectivity index (χ0n) is 5.45. The number of thiol groups is 1. The second-order valence-corrected chi connectivity index (χ2v) is 3.87. The van der Waals surface area contributed by atoms with Crippen LogP contribution >= 0.6 is 36.0 Å². The van der Waals surface area contributed by atoms with Crippen LogP contribution in [-0.2, 0) is 0 Å². The first kappa shape index (κ1) is 8.97. The van der Waals surface area contributed by atoms with Gasteiger partial charge in [0.15, 0.2) is 0 Å². The second-order valence-electron chi connectivity index (χ2n) is 1.81. The van der Waals surface area contributed by atoms with Crippen LogP contribution in [0.25, 0.3) is 0 Å². The molecule has 0 aliphatic carbocycles. The molecular weight excluding hydrogens is 200 g/mol. The Kier molecular flexibility index (Phi) is 3.30. The molecule has 0 atom stereocenters. The largest absolute Gasteiger partial charge is 0.284 e. The molecule has 0 radical (unpaired) electrons. The topological polar surface area (TPSA) is 17.1 Å². The summed E-state index contributed by atoms with van der Waals surface area (Å²) in [6.07, 6.45) is 0. The van der Waals surface area contributed by atoms with Crippen molar-refractivity contribution in [2.45, 2.75) is 9.79 Å². The SMILES string of the molecule is O=C(Cl)Sc1ccccc1S. The first-order chi connectivity index (χ1) is 5.20. The zero-order chi connectivity index (χ0) is 8.27. The van der Waals surface area contributed by atoms with Crippen LogP contribution in [-0.4, -0.2) is 4.57 Å². The predicted octanol–water partition coefficient (Wildman–Crippen LogP) is 3.43. The predicted molar refractivity (Wildman–Crippen MR) is 50.8 cm³/mol. The quantitative estimate of drug-likeness (QED) is 0.429. The van der Waals surface area contributed by atoms with Crippen molar-refractivity contribution in [3.05, 3.63) is 24.3 Å². The van der Waals surface area contributed by atoms with E-state index in [2.05, 4.69) is 12.6 Å². The average molecular weight is 205 g/mol. The van der Waals surface area contributed by atoms with E-state index < -0.39 is 4.57 Å². The minimum Gasteiger partial charge on any atom is -0.268 e. The van der Waals surface area contributed by atoms with Gasteiger partial charge in [0.2, 0.25) is 0 Å². The highest BCUT2D eigenvalue weighted by Crippen LogP contribution is 2.27. The van der Waals surface area contributed by atoms with E-state index in [-0.39, 0.29) is 0 Å². The van der Waals surface area contributed by atoms with Gasteiger partial charge in [0.25, 0.3) is 4.57 Å². The van der Waals surface area contributed by atoms with Gasteiger partial charge in [-0.15, -0.1) is 12.6 Å². The van der Waals surface area contributed by atoms with Crippen molar-refractivity contribution in [3.8, 4) is 0 Å². The number of carbonyl (C=O) groups is 1. The maximum atomic E-state index is 10.5. The van der Waals surface area contributed by atoms with E-state index in [1.54, 1.807) is 6.07 Å². The molecule has 0 bridgehead atoms. The maximum absolute atomic E-state index is 10.5. The molecule has 0 saturated heterocycles. The molecule has 0 saturated carbocycles. The molecule has 11 heavy (non-hydrogen) atoms. The van der Waals surface area contributed by atoms with E-state index in [1.165, 1.54) is 0 Å². The zero-order valence-corrected chi connectivity index (χ0v) is 7.92. The molecule has 0 aliphatic heterocycles. The van der Waals surface area contributed by atoms with Crippen molar-refractivity contribution in [3.63, 3.8) is 0 Å². The molecule has 0 aromatic heterocycles. The summed E-state index contributed by atoms with van der Waals surface area (Å²) in [5, 5.41) is 0. The molecule has 1 rings (SSSR count). The number of benzene rings is 1. The summed E-state index contributed by atoms with van der Waals surface area (Å²) in [6, 6.07) is 7.30. The monoisotopic (exact) mass is 204 g/mol. The lowest BCUT2D eigenvalue weighted by molar-refractivity contribution is 0.276. The van der Waals surface area contributed by atoms with Crippen molar-refractivity contribution in [1.29, 1.82) is 0 Å². The van der Waals surface area contributed by atoms with Crippen LogP contribution in [0.4, 0.5) is 4.79 Å². The first-order valence-corrected chi connectivity index (χ1v) is 4.49. The summed E-state index contributed by atoms with van der Waals surface area (Å²) < 4.78 is -0.438. The highest BCUT2D eigenvalue weighted by atomic mass is 35.5. The van der Waals surface area contributed by atoms with E-state index in [0.717, 1.165) is 21.6 Å². The summed E-state index contributed by atoms with van der Waals surface area (Å²) in [5.74, 6) is 0. The molecule has 58 valence electrons. The van der Waals surface area contributed by atoms with Crippen LogP contribution in [0, 0.1) is 0 Å². The van der Waals surface area contributed by atoms with Crippen molar-refractivity contribution < 1.29 is 4.79 Å². The Morgan fingerprint density at radius 1 is 1.45 bits per heavy atom. The van der Waals surface area contributed by atoms with Gasteiger partial charge in [-0.2, -0.15) is 0 Å². The fraction of sp³-hybridized carbons (Fsp3) is 0. The summed E-state index contributed by atoms with van der Waals surface area (Å²) >= 11 is 10.3. The molecule has 4 heteroatoms. The van der Waals surface area contributed by atoms with Gasteiger partial charge in [-0.3, -0.25) is 4.79 Å². The third kappa shape index (κ3) is 2.77. The van der Waals surface area contributed by atoms with E-state index in [0.29, 0.717) is 0 Å². The van der Waals surface area contributed by atoms with E-state index in [4.69, 9.17) is 11.6 Å². The Balaban J connectivity index is 2.86. The third-order valence-electron chi connectivity index (χ3n) is 1.06. The Labute approximate surface area is 79.5 Å². The fourth-order valence-electron chi connectivity index (χ4n) is 0.630. The first-order valence-electron chi connectivity index (χ1n) is 2.85. The minimum atomic E-state index is -0.438. The standard InChI is InChI=1S/C7H5ClOS2/c8-7(9)11-6-4-2-1-3-5(6)10/h1-4,10H. The molecule has 0 amide bonds. The smallest absolute Gasteiger partial charge is 0.268 e. The van der Waals surface area contributed by atoms with Crippen LogP contribution in [0.3, 0.4) is 0 Å². The molecule has 0 N–H and O–H groups in total.